The van der Waals surface area contributed by atoms with Crippen LogP contribution >= 0.6 is 0 Å². The van der Waals surface area contributed by atoms with Crippen LogP contribution in [0.4, 0.5) is 10.2 Å². The van der Waals surface area contributed by atoms with Crippen molar-refractivity contribution < 1.29 is 18.7 Å². The average Bonchev–Trinajstić information content (AvgIpc) is 3.19. The summed E-state index contributed by atoms with van der Waals surface area (Å²) in [5.74, 6) is -0.862. The number of nitrogens with zero attached hydrogens (tertiary/aromatic N) is 3. The first-order chi connectivity index (χ1) is 11.6. The molecule has 3 heterocycles. The molecule has 7 nitrogen and oxygen atoms in total. The van der Waals surface area contributed by atoms with Crippen molar-refractivity contribution in [2.45, 2.75) is 6.42 Å². The number of morpholine rings is 1. The van der Waals surface area contributed by atoms with Crippen LogP contribution in [0.25, 0.3) is 10.9 Å². The van der Waals surface area contributed by atoms with Gasteiger partial charge in [-0.05, 0) is 12.1 Å². The molecule has 2 saturated heterocycles. The second-order valence-corrected chi connectivity index (χ2v) is 6.05. The summed E-state index contributed by atoms with van der Waals surface area (Å²) in [6, 6.07) is 4.61. The normalized spacial score (nSPS) is 21.7. The third-order valence-corrected chi connectivity index (χ3v) is 4.57. The monoisotopic (exact) mass is 332 g/mol. The lowest BCUT2D eigenvalue weighted by atomic mass is 10.1. The van der Waals surface area contributed by atoms with Gasteiger partial charge in [0.1, 0.15) is 5.82 Å². The predicted molar refractivity (Wildman–Crippen MR) is 83.9 cm³/mol. The third kappa shape index (κ3) is 2.43. The van der Waals surface area contributed by atoms with Crippen molar-refractivity contribution in [2.24, 2.45) is 5.92 Å². The Bertz CT molecular complexity index is 800. The third-order valence-electron chi connectivity index (χ3n) is 4.57. The maximum absolute atomic E-state index is 14.1. The number of halogens is 1. The fraction of sp³-hybridized carbons (Fsp3) is 0.438. The largest absolute Gasteiger partial charge is 0.378 e. The van der Waals surface area contributed by atoms with Crippen LogP contribution < -0.4 is 4.90 Å². The molecule has 0 aliphatic carbocycles. The Morgan fingerprint density at radius 3 is 2.92 bits per heavy atom. The highest BCUT2D eigenvalue weighted by Gasteiger charge is 2.39. The molecule has 2 aliphatic heterocycles. The van der Waals surface area contributed by atoms with Gasteiger partial charge in [-0.1, -0.05) is 6.07 Å². The van der Waals surface area contributed by atoms with E-state index in [4.69, 9.17) is 4.74 Å². The maximum atomic E-state index is 14.1. The molecule has 2 fully saturated rings. The number of ether oxygens (including phenoxy) is 1. The van der Waals surface area contributed by atoms with Crippen LogP contribution in [0, 0.1) is 11.7 Å². The smallest absolute Gasteiger partial charge is 0.229 e. The molecule has 0 spiro atoms. The number of benzene rings is 1. The summed E-state index contributed by atoms with van der Waals surface area (Å²) in [6.07, 6.45) is 0.124. The lowest BCUT2D eigenvalue weighted by molar-refractivity contribution is -0.139. The van der Waals surface area contributed by atoms with E-state index in [1.165, 1.54) is 11.0 Å². The molecule has 8 heteroatoms. The number of hydrogen-bond donors (Lipinski definition) is 1. The summed E-state index contributed by atoms with van der Waals surface area (Å²) in [6.45, 7) is 2.35. The fourth-order valence-electron chi connectivity index (χ4n) is 3.33. The fourth-order valence-corrected chi connectivity index (χ4v) is 3.33. The van der Waals surface area contributed by atoms with Gasteiger partial charge in [-0.3, -0.25) is 19.6 Å². The van der Waals surface area contributed by atoms with Gasteiger partial charge in [0.05, 0.1) is 30.0 Å². The van der Waals surface area contributed by atoms with Gasteiger partial charge in [0, 0.05) is 26.1 Å². The van der Waals surface area contributed by atoms with E-state index in [2.05, 4.69) is 10.2 Å². The molecule has 1 N–H and O–H groups in total. The first kappa shape index (κ1) is 15.1. The molecule has 1 unspecified atom stereocenters. The van der Waals surface area contributed by atoms with Crippen molar-refractivity contribution in [3.05, 3.63) is 24.0 Å². The number of nitrogens with one attached hydrogen (secondary N) is 1. The van der Waals surface area contributed by atoms with Crippen LogP contribution in [-0.4, -0.2) is 59.8 Å². The van der Waals surface area contributed by atoms with Gasteiger partial charge in [-0.25, -0.2) is 4.39 Å². The van der Waals surface area contributed by atoms with E-state index in [9.17, 15) is 14.0 Å². The summed E-state index contributed by atoms with van der Waals surface area (Å²) in [7, 11) is 0. The highest BCUT2D eigenvalue weighted by Crippen LogP contribution is 2.31. The van der Waals surface area contributed by atoms with E-state index in [0.29, 0.717) is 31.8 Å². The number of hydrogen-bond acceptors (Lipinski definition) is 4. The first-order valence-electron chi connectivity index (χ1n) is 7.94. The van der Waals surface area contributed by atoms with Crippen molar-refractivity contribution in [1.82, 2.24) is 15.1 Å². The lowest BCUT2D eigenvalue weighted by Gasteiger charge is -2.28. The molecule has 2 amide bonds. The Balaban J connectivity index is 1.58. The van der Waals surface area contributed by atoms with Crippen molar-refractivity contribution in [3.63, 3.8) is 0 Å². The minimum absolute atomic E-state index is 0.0468. The molecule has 1 atom stereocenters. The minimum atomic E-state index is -0.438. The Labute approximate surface area is 137 Å². The summed E-state index contributed by atoms with van der Waals surface area (Å²) < 4.78 is 19.4. The number of amides is 2. The molecular formula is C16H17FN4O3. The Hall–Kier alpha value is -2.48. The average molecular weight is 332 g/mol. The molecule has 0 radical (unpaired) electrons. The molecular weight excluding hydrogens is 315 g/mol. The number of aromatic nitrogens is 2. The molecule has 0 saturated carbocycles. The van der Waals surface area contributed by atoms with E-state index >= 15 is 0 Å². The Kier molecular flexibility index (Phi) is 3.68. The lowest BCUT2D eigenvalue weighted by Crippen LogP contribution is -2.44. The zero-order valence-electron chi connectivity index (χ0n) is 13.0. The van der Waals surface area contributed by atoms with E-state index in [1.54, 1.807) is 17.0 Å². The molecule has 2 aromatic rings. The van der Waals surface area contributed by atoms with Gasteiger partial charge in [-0.2, -0.15) is 5.10 Å². The van der Waals surface area contributed by atoms with Gasteiger partial charge in [0.15, 0.2) is 5.82 Å². The van der Waals surface area contributed by atoms with Crippen molar-refractivity contribution in [2.75, 3.05) is 37.7 Å². The SMILES string of the molecule is O=C(C1CC(=O)N(c2n[nH]c3cccc(F)c23)C1)N1CCOCC1. The van der Waals surface area contributed by atoms with Crippen LogP contribution in [0.1, 0.15) is 6.42 Å². The molecule has 2 aliphatic rings. The van der Waals surface area contributed by atoms with Gasteiger partial charge in [0.2, 0.25) is 11.8 Å². The topological polar surface area (TPSA) is 78.5 Å². The number of carbonyl (C=O) groups is 2. The van der Waals surface area contributed by atoms with Crippen LogP contribution in [-0.2, 0) is 14.3 Å². The second kappa shape index (κ2) is 5.86. The number of aromatic amines is 1. The summed E-state index contributed by atoms with van der Waals surface area (Å²) in [4.78, 5) is 28.1. The van der Waals surface area contributed by atoms with Crippen molar-refractivity contribution in [3.8, 4) is 0 Å². The summed E-state index contributed by atoms with van der Waals surface area (Å²) in [5, 5.41) is 7.11. The van der Waals surface area contributed by atoms with E-state index in [-0.39, 0.29) is 36.0 Å². The standard InChI is InChI=1S/C16H17FN4O3/c17-11-2-1-3-12-14(11)15(19-18-12)21-9-10(8-13(21)22)16(23)20-4-6-24-7-5-20/h1-3,10H,4-9H2,(H,18,19). The van der Waals surface area contributed by atoms with Gasteiger partial charge < -0.3 is 9.64 Å². The molecule has 1 aromatic carbocycles. The van der Waals surface area contributed by atoms with E-state index < -0.39 is 11.7 Å². The highest BCUT2D eigenvalue weighted by atomic mass is 19.1. The van der Waals surface area contributed by atoms with Crippen LogP contribution in [0.15, 0.2) is 18.2 Å². The van der Waals surface area contributed by atoms with Crippen LogP contribution in [0.2, 0.25) is 0 Å². The number of anilines is 1. The highest BCUT2D eigenvalue weighted by molar-refractivity contribution is 6.05. The first-order valence-corrected chi connectivity index (χ1v) is 7.94. The summed E-state index contributed by atoms with van der Waals surface area (Å²) >= 11 is 0. The Morgan fingerprint density at radius 1 is 1.33 bits per heavy atom. The number of H-pyrrole nitrogens is 1. The summed E-state index contributed by atoms with van der Waals surface area (Å²) in [5.41, 5.74) is 0.528. The van der Waals surface area contributed by atoms with Crippen LogP contribution in [0.5, 0.6) is 0 Å². The van der Waals surface area contributed by atoms with Gasteiger partial charge in [0.25, 0.3) is 0 Å². The number of carbonyl (C=O) groups excluding carboxylic acids is 2. The van der Waals surface area contributed by atoms with Gasteiger partial charge in [-0.15, -0.1) is 0 Å². The Morgan fingerprint density at radius 2 is 2.12 bits per heavy atom. The zero-order valence-corrected chi connectivity index (χ0v) is 13.0. The maximum Gasteiger partial charge on any atom is 0.229 e. The molecule has 4 rings (SSSR count). The predicted octanol–water partition coefficient (Wildman–Crippen LogP) is 0.914. The zero-order chi connectivity index (χ0) is 16.7. The van der Waals surface area contributed by atoms with Crippen LogP contribution in [0.3, 0.4) is 0 Å². The van der Waals surface area contributed by atoms with Crippen molar-refractivity contribution >= 4 is 28.5 Å². The molecule has 0 bridgehead atoms. The van der Waals surface area contributed by atoms with E-state index in [0.717, 1.165) is 0 Å². The van der Waals surface area contributed by atoms with Gasteiger partial charge >= 0.3 is 0 Å². The minimum Gasteiger partial charge on any atom is -0.378 e. The number of rotatable bonds is 2. The molecule has 24 heavy (non-hydrogen) atoms. The molecule has 1 aromatic heterocycles. The molecule has 126 valence electrons. The van der Waals surface area contributed by atoms with Crippen molar-refractivity contribution in [1.29, 1.82) is 0 Å². The number of fused-ring (bicyclic) bond motifs is 1. The van der Waals surface area contributed by atoms with E-state index in [1.807, 2.05) is 0 Å². The quantitative estimate of drug-likeness (QED) is 0.887. The second-order valence-electron chi connectivity index (χ2n) is 6.05.